The molecule has 1 heterocycles. The Morgan fingerprint density at radius 1 is 1.38 bits per heavy atom. The average molecular weight is 200 g/mol. The molecule has 0 radical (unpaired) electrons. The molecule has 0 unspecified atom stereocenters. The van der Waals surface area contributed by atoms with E-state index in [9.17, 15) is 4.79 Å². The SMILES string of the molecule is CCC(=O)NC(=S)N1CCCCC1. The van der Waals surface area contributed by atoms with Gasteiger partial charge in [-0.05, 0) is 31.5 Å². The molecule has 3 nitrogen and oxygen atoms in total. The highest BCUT2D eigenvalue weighted by Gasteiger charge is 2.14. The molecule has 1 aliphatic rings. The number of nitrogens with zero attached hydrogens (tertiary/aromatic N) is 1. The lowest BCUT2D eigenvalue weighted by Gasteiger charge is -2.28. The highest BCUT2D eigenvalue weighted by atomic mass is 32.1. The Morgan fingerprint density at radius 2 is 2.00 bits per heavy atom. The van der Waals surface area contributed by atoms with Gasteiger partial charge in [0.2, 0.25) is 5.91 Å². The third-order valence-electron chi connectivity index (χ3n) is 2.21. The first-order chi connectivity index (χ1) is 6.24. The van der Waals surface area contributed by atoms with Crippen molar-refractivity contribution >= 4 is 23.2 Å². The standard InChI is InChI=1S/C9H16N2OS/c1-2-8(12)10-9(13)11-6-4-3-5-7-11/h2-7H2,1H3,(H,10,12,13). The minimum Gasteiger partial charge on any atom is -0.349 e. The maximum absolute atomic E-state index is 11.0. The van der Waals surface area contributed by atoms with Crippen molar-refractivity contribution in [1.82, 2.24) is 10.2 Å². The highest BCUT2D eigenvalue weighted by molar-refractivity contribution is 7.80. The number of hydrogen-bond donors (Lipinski definition) is 1. The van der Waals surface area contributed by atoms with Crippen LogP contribution in [0.25, 0.3) is 0 Å². The molecule has 0 aromatic rings. The fourth-order valence-corrected chi connectivity index (χ4v) is 1.68. The molecule has 1 amide bonds. The molecule has 74 valence electrons. The van der Waals surface area contributed by atoms with Crippen LogP contribution in [-0.2, 0) is 4.79 Å². The van der Waals surface area contributed by atoms with Crippen molar-refractivity contribution < 1.29 is 4.79 Å². The van der Waals surface area contributed by atoms with Gasteiger partial charge in [0.15, 0.2) is 5.11 Å². The number of carbonyl (C=O) groups is 1. The number of thiocarbonyl (C=S) groups is 1. The third kappa shape index (κ3) is 3.30. The van der Waals surface area contributed by atoms with Gasteiger partial charge in [-0.2, -0.15) is 0 Å². The number of amides is 1. The molecular formula is C9H16N2OS. The first-order valence-electron chi connectivity index (χ1n) is 4.82. The molecular weight excluding hydrogens is 184 g/mol. The van der Waals surface area contributed by atoms with Gasteiger partial charge in [-0.1, -0.05) is 6.92 Å². The number of nitrogens with one attached hydrogen (secondary N) is 1. The smallest absolute Gasteiger partial charge is 0.225 e. The lowest BCUT2D eigenvalue weighted by Crippen LogP contribution is -2.44. The topological polar surface area (TPSA) is 32.3 Å². The van der Waals surface area contributed by atoms with Gasteiger partial charge < -0.3 is 10.2 Å². The third-order valence-corrected chi connectivity index (χ3v) is 2.57. The van der Waals surface area contributed by atoms with Crippen molar-refractivity contribution in [2.75, 3.05) is 13.1 Å². The van der Waals surface area contributed by atoms with Gasteiger partial charge in [0.25, 0.3) is 0 Å². The van der Waals surface area contributed by atoms with Crippen LogP contribution in [0.5, 0.6) is 0 Å². The molecule has 0 saturated carbocycles. The van der Waals surface area contributed by atoms with E-state index >= 15 is 0 Å². The minimum atomic E-state index is 0.00979. The highest BCUT2D eigenvalue weighted by Crippen LogP contribution is 2.08. The van der Waals surface area contributed by atoms with Crippen molar-refractivity contribution in [2.24, 2.45) is 0 Å². The van der Waals surface area contributed by atoms with E-state index in [1.165, 1.54) is 19.3 Å². The zero-order chi connectivity index (χ0) is 9.68. The van der Waals surface area contributed by atoms with Gasteiger partial charge in [0, 0.05) is 19.5 Å². The van der Waals surface area contributed by atoms with Crippen molar-refractivity contribution in [3.05, 3.63) is 0 Å². The summed E-state index contributed by atoms with van der Waals surface area (Å²) in [5.41, 5.74) is 0. The van der Waals surface area contributed by atoms with Crippen LogP contribution in [0.3, 0.4) is 0 Å². The van der Waals surface area contributed by atoms with Gasteiger partial charge in [-0.15, -0.1) is 0 Å². The molecule has 1 aliphatic heterocycles. The Labute approximate surface area is 84.5 Å². The zero-order valence-corrected chi connectivity index (χ0v) is 8.82. The molecule has 0 aromatic heterocycles. The first-order valence-corrected chi connectivity index (χ1v) is 5.23. The van der Waals surface area contributed by atoms with E-state index in [4.69, 9.17) is 12.2 Å². The fourth-order valence-electron chi connectivity index (χ4n) is 1.38. The summed E-state index contributed by atoms with van der Waals surface area (Å²) in [5.74, 6) is 0.00979. The van der Waals surface area contributed by atoms with Crippen LogP contribution in [0.15, 0.2) is 0 Å². The molecule has 0 spiro atoms. The summed E-state index contributed by atoms with van der Waals surface area (Å²) in [7, 11) is 0. The summed E-state index contributed by atoms with van der Waals surface area (Å²) in [6.07, 6.45) is 4.14. The van der Waals surface area contributed by atoms with E-state index in [0.29, 0.717) is 11.5 Å². The summed E-state index contributed by atoms with van der Waals surface area (Å²) in [4.78, 5) is 13.1. The van der Waals surface area contributed by atoms with Gasteiger partial charge in [0.1, 0.15) is 0 Å². The second kappa shape index (κ2) is 5.17. The monoisotopic (exact) mass is 200 g/mol. The fraction of sp³-hybridized carbons (Fsp3) is 0.778. The number of piperidine rings is 1. The van der Waals surface area contributed by atoms with Crippen LogP contribution < -0.4 is 5.32 Å². The lowest BCUT2D eigenvalue weighted by atomic mass is 10.1. The average Bonchev–Trinajstić information content (AvgIpc) is 2.19. The number of rotatable bonds is 1. The van der Waals surface area contributed by atoms with Crippen LogP contribution in [0.4, 0.5) is 0 Å². The number of carbonyl (C=O) groups excluding carboxylic acids is 1. The van der Waals surface area contributed by atoms with Crippen LogP contribution in [0, 0.1) is 0 Å². The predicted octanol–water partition coefficient (Wildman–Crippen LogP) is 1.28. The van der Waals surface area contributed by atoms with Crippen LogP contribution >= 0.6 is 12.2 Å². The molecule has 1 N–H and O–H groups in total. The van der Waals surface area contributed by atoms with Crippen molar-refractivity contribution in [3.8, 4) is 0 Å². The molecule has 0 aliphatic carbocycles. The Hall–Kier alpha value is -0.640. The van der Waals surface area contributed by atoms with Crippen LogP contribution in [0.2, 0.25) is 0 Å². The number of hydrogen-bond acceptors (Lipinski definition) is 2. The molecule has 0 atom stereocenters. The van der Waals surface area contributed by atoms with Crippen molar-refractivity contribution in [1.29, 1.82) is 0 Å². The van der Waals surface area contributed by atoms with Crippen LogP contribution in [0.1, 0.15) is 32.6 Å². The van der Waals surface area contributed by atoms with Gasteiger partial charge >= 0.3 is 0 Å². The van der Waals surface area contributed by atoms with E-state index in [2.05, 4.69) is 10.2 Å². The quantitative estimate of drug-likeness (QED) is 0.647. The summed E-state index contributed by atoms with van der Waals surface area (Å²) in [6, 6.07) is 0. The van der Waals surface area contributed by atoms with Crippen molar-refractivity contribution in [2.45, 2.75) is 32.6 Å². The van der Waals surface area contributed by atoms with Gasteiger partial charge in [0.05, 0.1) is 0 Å². The number of likely N-dealkylation sites (tertiary alicyclic amines) is 1. The summed E-state index contributed by atoms with van der Waals surface area (Å²) in [6.45, 7) is 3.81. The molecule has 1 fully saturated rings. The van der Waals surface area contributed by atoms with E-state index in [-0.39, 0.29) is 5.91 Å². The minimum absolute atomic E-state index is 0.00979. The summed E-state index contributed by atoms with van der Waals surface area (Å²) >= 11 is 5.11. The maximum Gasteiger partial charge on any atom is 0.225 e. The van der Waals surface area contributed by atoms with E-state index in [1.54, 1.807) is 0 Å². The Balaban J connectivity index is 2.33. The molecule has 4 heteroatoms. The van der Waals surface area contributed by atoms with E-state index in [0.717, 1.165) is 13.1 Å². The van der Waals surface area contributed by atoms with E-state index in [1.807, 2.05) is 6.92 Å². The van der Waals surface area contributed by atoms with Gasteiger partial charge in [-0.3, -0.25) is 4.79 Å². The Kier molecular flexibility index (Phi) is 4.15. The Morgan fingerprint density at radius 3 is 2.54 bits per heavy atom. The maximum atomic E-state index is 11.0. The van der Waals surface area contributed by atoms with Gasteiger partial charge in [-0.25, -0.2) is 0 Å². The van der Waals surface area contributed by atoms with Crippen molar-refractivity contribution in [3.63, 3.8) is 0 Å². The first kappa shape index (κ1) is 10.4. The normalized spacial score (nSPS) is 16.8. The predicted molar refractivity (Wildman–Crippen MR) is 56.5 cm³/mol. The zero-order valence-electron chi connectivity index (χ0n) is 8.01. The summed E-state index contributed by atoms with van der Waals surface area (Å²) in [5, 5.41) is 3.32. The second-order valence-corrected chi connectivity index (χ2v) is 3.64. The van der Waals surface area contributed by atoms with E-state index < -0.39 is 0 Å². The molecule has 1 rings (SSSR count). The second-order valence-electron chi connectivity index (χ2n) is 3.25. The molecule has 0 bridgehead atoms. The largest absolute Gasteiger partial charge is 0.349 e. The molecule has 13 heavy (non-hydrogen) atoms. The lowest BCUT2D eigenvalue weighted by molar-refractivity contribution is -0.119. The molecule has 1 saturated heterocycles. The molecule has 0 aromatic carbocycles. The van der Waals surface area contributed by atoms with Crippen LogP contribution in [-0.4, -0.2) is 29.0 Å². The Bertz CT molecular complexity index is 200. The summed E-state index contributed by atoms with van der Waals surface area (Å²) < 4.78 is 0.